The first kappa shape index (κ1) is 15.6. The molecule has 1 unspecified atom stereocenters. The van der Waals surface area contributed by atoms with Gasteiger partial charge in [0.05, 0.1) is 16.6 Å². The Hall–Kier alpha value is -2.32. The number of carbonyl (C=O) groups excluding carboxylic acids is 1. The third-order valence-corrected chi connectivity index (χ3v) is 5.88. The lowest BCUT2D eigenvalue weighted by atomic mass is 9.67. The van der Waals surface area contributed by atoms with Gasteiger partial charge < -0.3 is 11.5 Å². The van der Waals surface area contributed by atoms with Crippen LogP contribution in [0.2, 0.25) is 0 Å². The minimum Gasteiger partial charge on any atom is -0.390 e. The molecule has 5 heteroatoms. The molecule has 1 aliphatic rings. The number of hydrogen-bond acceptors (Lipinski definition) is 4. The first-order valence-corrected chi connectivity index (χ1v) is 8.51. The highest BCUT2D eigenvalue weighted by atomic mass is 32.1. The molecule has 0 fully saturated rings. The van der Waals surface area contributed by atoms with Gasteiger partial charge in [0.1, 0.15) is 0 Å². The Bertz CT molecular complexity index is 776. The van der Waals surface area contributed by atoms with Crippen LogP contribution in [0.1, 0.15) is 45.6 Å². The maximum Gasteiger partial charge on any atom is 0.251 e. The van der Waals surface area contributed by atoms with Crippen LogP contribution in [0.3, 0.4) is 0 Å². The average Bonchev–Trinajstić information content (AvgIpc) is 2.88. The van der Waals surface area contributed by atoms with Gasteiger partial charge in [0.25, 0.3) is 5.91 Å². The monoisotopic (exact) mass is 325 g/mol. The summed E-state index contributed by atoms with van der Waals surface area (Å²) in [5.41, 5.74) is 14.2. The van der Waals surface area contributed by atoms with Crippen LogP contribution in [-0.2, 0) is 18.3 Å². The van der Waals surface area contributed by atoms with Gasteiger partial charge in [0.2, 0.25) is 0 Å². The van der Waals surface area contributed by atoms with Gasteiger partial charge in [0, 0.05) is 16.7 Å². The summed E-state index contributed by atoms with van der Waals surface area (Å²) in [6.07, 6.45) is 3.84. The Morgan fingerprint density at radius 2 is 2.09 bits per heavy atom. The summed E-state index contributed by atoms with van der Waals surface area (Å²) in [7, 11) is 0. The summed E-state index contributed by atoms with van der Waals surface area (Å²) in [5, 5.41) is 9.57. The molecule has 1 aliphatic carbocycles. The van der Waals surface area contributed by atoms with Gasteiger partial charge in [-0.1, -0.05) is 30.3 Å². The van der Waals surface area contributed by atoms with Crippen LogP contribution in [0.5, 0.6) is 0 Å². The van der Waals surface area contributed by atoms with E-state index in [1.807, 2.05) is 18.2 Å². The zero-order chi connectivity index (χ0) is 16.4. The van der Waals surface area contributed by atoms with Crippen molar-refractivity contribution in [3.8, 4) is 6.07 Å². The quantitative estimate of drug-likeness (QED) is 0.904. The third kappa shape index (κ3) is 2.71. The van der Waals surface area contributed by atoms with E-state index in [0.717, 1.165) is 36.1 Å². The number of hydrogen-bond donors (Lipinski definition) is 2. The Morgan fingerprint density at radius 3 is 2.74 bits per heavy atom. The minimum absolute atomic E-state index is 0.0593. The van der Waals surface area contributed by atoms with Crippen LogP contribution >= 0.6 is 11.3 Å². The number of thiophene rings is 1. The van der Waals surface area contributed by atoms with Gasteiger partial charge in [-0.2, -0.15) is 5.26 Å². The fourth-order valence-corrected chi connectivity index (χ4v) is 4.93. The molecule has 4 N–H and O–H groups in total. The van der Waals surface area contributed by atoms with Crippen molar-refractivity contribution in [2.75, 3.05) is 5.73 Å². The van der Waals surface area contributed by atoms with Crippen LogP contribution in [-0.4, -0.2) is 5.91 Å². The summed E-state index contributed by atoms with van der Waals surface area (Å²) in [6.45, 7) is 0. The largest absolute Gasteiger partial charge is 0.390 e. The maximum absolute atomic E-state index is 11.7. The summed E-state index contributed by atoms with van der Waals surface area (Å²) in [4.78, 5) is 12.8. The molecule has 1 heterocycles. The number of nitriles is 1. The Kier molecular flexibility index (Phi) is 4.10. The SMILES string of the molecule is N#CCCC1(c2ccccc2)CCc2c(sc(N)c2C(N)=O)C1. The third-order valence-electron chi connectivity index (χ3n) is 4.82. The highest BCUT2D eigenvalue weighted by Gasteiger charge is 2.38. The number of amides is 1. The second kappa shape index (κ2) is 6.05. The first-order valence-electron chi connectivity index (χ1n) is 7.70. The molecule has 0 aliphatic heterocycles. The first-order chi connectivity index (χ1) is 11.1. The topological polar surface area (TPSA) is 92.9 Å². The lowest BCUT2D eigenvalue weighted by Gasteiger charge is -2.37. The van der Waals surface area contributed by atoms with E-state index in [1.165, 1.54) is 16.9 Å². The molecule has 0 spiro atoms. The lowest BCUT2D eigenvalue weighted by Crippen LogP contribution is -2.33. The second-order valence-corrected chi connectivity index (χ2v) is 7.23. The highest BCUT2D eigenvalue weighted by Crippen LogP contribution is 2.46. The molecule has 4 nitrogen and oxygen atoms in total. The van der Waals surface area contributed by atoms with Gasteiger partial charge in [-0.25, -0.2) is 0 Å². The molecule has 2 aromatic rings. The van der Waals surface area contributed by atoms with E-state index in [-0.39, 0.29) is 5.41 Å². The van der Waals surface area contributed by atoms with Gasteiger partial charge >= 0.3 is 0 Å². The van der Waals surface area contributed by atoms with Gasteiger partial charge in [-0.15, -0.1) is 11.3 Å². The summed E-state index contributed by atoms with van der Waals surface area (Å²) < 4.78 is 0. The van der Waals surface area contributed by atoms with Crippen molar-refractivity contribution in [1.82, 2.24) is 0 Å². The van der Waals surface area contributed by atoms with E-state index in [0.29, 0.717) is 17.0 Å². The number of nitrogen functional groups attached to an aromatic ring is 1. The normalized spacial score (nSPS) is 19.8. The van der Waals surface area contributed by atoms with Gasteiger partial charge in [-0.3, -0.25) is 4.79 Å². The zero-order valence-electron chi connectivity index (χ0n) is 12.8. The molecule has 0 saturated heterocycles. The number of primary amides is 1. The Labute approximate surface area is 139 Å². The summed E-state index contributed by atoms with van der Waals surface area (Å²) >= 11 is 1.47. The Morgan fingerprint density at radius 1 is 1.35 bits per heavy atom. The predicted molar refractivity (Wildman–Crippen MR) is 92.2 cm³/mol. The van der Waals surface area contributed by atoms with Crippen molar-refractivity contribution >= 4 is 22.2 Å². The van der Waals surface area contributed by atoms with E-state index < -0.39 is 5.91 Å². The lowest BCUT2D eigenvalue weighted by molar-refractivity contribution is 0.1000. The predicted octanol–water partition coefficient (Wildman–Crippen LogP) is 3.16. The van der Waals surface area contributed by atoms with E-state index in [4.69, 9.17) is 16.7 Å². The molecular weight excluding hydrogens is 306 g/mol. The number of rotatable bonds is 4. The van der Waals surface area contributed by atoms with E-state index >= 15 is 0 Å². The Balaban J connectivity index is 2.03. The van der Waals surface area contributed by atoms with Crippen molar-refractivity contribution in [3.63, 3.8) is 0 Å². The second-order valence-electron chi connectivity index (χ2n) is 6.09. The number of fused-ring (bicyclic) bond motifs is 1. The van der Waals surface area contributed by atoms with E-state index in [1.54, 1.807) is 0 Å². The van der Waals surface area contributed by atoms with E-state index in [9.17, 15) is 4.79 Å². The molecule has 0 radical (unpaired) electrons. The fraction of sp³-hybridized carbons (Fsp3) is 0.333. The summed E-state index contributed by atoms with van der Waals surface area (Å²) in [5.74, 6) is -0.441. The molecule has 1 aromatic heterocycles. The van der Waals surface area contributed by atoms with Crippen LogP contribution in [0.25, 0.3) is 0 Å². The number of nitrogens with two attached hydrogens (primary N) is 2. The molecule has 0 bridgehead atoms. The van der Waals surface area contributed by atoms with Crippen LogP contribution in [0.15, 0.2) is 30.3 Å². The number of benzene rings is 1. The van der Waals surface area contributed by atoms with Crippen LogP contribution in [0, 0.1) is 11.3 Å². The highest BCUT2D eigenvalue weighted by molar-refractivity contribution is 7.16. The summed E-state index contributed by atoms with van der Waals surface area (Å²) in [6, 6.07) is 12.6. The van der Waals surface area contributed by atoms with Crippen LogP contribution in [0.4, 0.5) is 5.00 Å². The standard InChI is InChI=1S/C18H19N3OS/c19-10-4-8-18(12-5-2-1-3-6-12)9-7-13-14(11-18)23-17(21)15(13)16(20)22/h1-3,5-6H,4,7-9,11,21H2,(H2,20,22). The van der Waals surface area contributed by atoms with Crippen molar-refractivity contribution in [1.29, 1.82) is 5.26 Å². The molecule has 118 valence electrons. The smallest absolute Gasteiger partial charge is 0.251 e. The number of carbonyl (C=O) groups is 1. The molecule has 1 amide bonds. The van der Waals surface area contributed by atoms with Gasteiger partial charge in [-0.05, 0) is 36.8 Å². The van der Waals surface area contributed by atoms with Crippen LogP contribution < -0.4 is 11.5 Å². The van der Waals surface area contributed by atoms with Crippen molar-refractivity contribution in [2.45, 2.75) is 37.5 Å². The molecule has 1 atom stereocenters. The zero-order valence-corrected chi connectivity index (χ0v) is 13.7. The van der Waals surface area contributed by atoms with Crippen molar-refractivity contribution in [3.05, 3.63) is 51.9 Å². The molecule has 3 rings (SSSR count). The van der Waals surface area contributed by atoms with Crippen molar-refractivity contribution in [2.24, 2.45) is 5.73 Å². The fourth-order valence-electron chi connectivity index (χ4n) is 3.66. The average molecular weight is 325 g/mol. The number of nitrogens with zero attached hydrogens (tertiary/aromatic N) is 1. The minimum atomic E-state index is -0.441. The van der Waals surface area contributed by atoms with Gasteiger partial charge in [0.15, 0.2) is 0 Å². The van der Waals surface area contributed by atoms with Crippen molar-refractivity contribution < 1.29 is 4.79 Å². The van der Waals surface area contributed by atoms with E-state index in [2.05, 4.69) is 18.2 Å². The molecule has 0 saturated carbocycles. The molecular formula is C18H19N3OS. The number of anilines is 1. The molecule has 1 aromatic carbocycles. The molecule has 23 heavy (non-hydrogen) atoms. The maximum atomic E-state index is 11.7.